The Hall–Kier alpha value is -2.67. The summed E-state index contributed by atoms with van der Waals surface area (Å²) in [5, 5.41) is 3.32. The third-order valence-electron chi connectivity index (χ3n) is 13.7. The van der Waals surface area contributed by atoms with Crippen LogP contribution in [-0.2, 0) is 22.6 Å². The summed E-state index contributed by atoms with van der Waals surface area (Å²) in [6.45, 7) is 54.5. The van der Waals surface area contributed by atoms with E-state index in [0.29, 0.717) is 0 Å². The molecule has 2 aromatic rings. The van der Waals surface area contributed by atoms with Crippen LogP contribution in [0, 0.1) is 5.92 Å². The van der Waals surface area contributed by atoms with Crippen LogP contribution in [0.4, 0.5) is 4.79 Å². The second-order valence-corrected chi connectivity index (χ2v) is 22.3. The maximum absolute atomic E-state index is 11.8. The minimum Gasteiger partial charge on any atom is -0.444 e. The zero-order valence-electron chi connectivity index (χ0n) is 51.3. The van der Waals surface area contributed by atoms with Gasteiger partial charge in [0, 0.05) is 123 Å². The molecule has 76 heavy (non-hydrogen) atoms. The maximum Gasteiger partial charge on any atom is 0.410 e. The SMILES string of the molecule is C.CCCN1CCC(C)CC1.CCCN1CCCN(C)CC1.CCCN1CCN(C(=O)OC(C)(C)C)CC1.CCCN1CCN(C)CC1.CCCN1CCOCC1.CCCNCCn1ccnc1.CCCn1ccnc1. The van der Waals surface area contributed by atoms with Crippen molar-refractivity contribution >= 4 is 6.09 Å². The van der Waals surface area contributed by atoms with Gasteiger partial charge in [-0.3, -0.25) is 9.80 Å². The van der Waals surface area contributed by atoms with Gasteiger partial charge in [0.05, 0.1) is 25.9 Å². The van der Waals surface area contributed by atoms with Crippen molar-refractivity contribution in [3.63, 3.8) is 0 Å². The molecule has 5 aliphatic rings. The molecular formula is C60H125N13O3. The highest BCUT2D eigenvalue weighted by atomic mass is 16.6. The van der Waals surface area contributed by atoms with Gasteiger partial charge >= 0.3 is 6.09 Å². The smallest absolute Gasteiger partial charge is 0.410 e. The Morgan fingerprint density at radius 1 is 0.526 bits per heavy atom. The van der Waals surface area contributed by atoms with E-state index in [9.17, 15) is 4.79 Å². The number of morpholine rings is 1. The lowest BCUT2D eigenvalue weighted by atomic mass is 9.99. The minimum absolute atomic E-state index is 0. The van der Waals surface area contributed by atoms with Crippen LogP contribution >= 0.6 is 0 Å². The molecule has 2 aromatic heterocycles. The Labute approximate surface area is 470 Å². The van der Waals surface area contributed by atoms with E-state index in [1.807, 2.05) is 45.8 Å². The van der Waals surface area contributed by atoms with Crippen LogP contribution in [0.1, 0.15) is 148 Å². The minimum atomic E-state index is -0.391. The van der Waals surface area contributed by atoms with Crippen LogP contribution < -0.4 is 5.32 Å². The number of piperazine rings is 2. The van der Waals surface area contributed by atoms with E-state index in [4.69, 9.17) is 9.47 Å². The van der Waals surface area contributed by atoms with Crippen LogP contribution in [0.5, 0.6) is 0 Å². The van der Waals surface area contributed by atoms with E-state index < -0.39 is 5.60 Å². The number of carbonyl (C=O) groups excluding carboxylic acids is 1. The summed E-state index contributed by atoms with van der Waals surface area (Å²) in [6, 6.07) is 0. The average Bonchev–Trinajstić information content (AvgIpc) is 4.09. The number of piperidine rings is 1. The molecule has 0 radical (unpaired) electrons. The molecule has 1 N–H and O–H groups in total. The molecule has 448 valence electrons. The summed E-state index contributed by atoms with van der Waals surface area (Å²) in [5.41, 5.74) is -0.391. The van der Waals surface area contributed by atoms with Crippen LogP contribution in [0.2, 0.25) is 0 Å². The molecule has 0 aromatic carbocycles. The lowest BCUT2D eigenvalue weighted by molar-refractivity contribution is 0.0145. The van der Waals surface area contributed by atoms with E-state index in [1.54, 1.807) is 17.3 Å². The molecule has 5 aliphatic heterocycles. The second kappa shape index (κ2) is 48.3. The Bertz CT molecular complexity index is 1460. The van der Waals surface area contributed by atoms with Crippen molar-refractivity contribution in [2.75, 3.05) is 178 Å². The van der Waals surface area contributed by atoms with Gasteiger partial charge in [0.1, 0.15) is 5.60 Å². The molecule has 5 saturated heterocycles. The molecule has 0 aliphatic carbocycles. The standard InChI is InChI=1S/C12H24N2O2.C9H20N2.C9H19N.C8H15N3.C8H18N2.C7H15NO.C6H10N2.CH4/c1-5-6-13-7-9-14(10-8-13)11(15)16-12(2,3)4;1-3-5-11-7-4-6-10(2)8-9-11;1-3-6-10-7-4-9(2)5-8-10;1-2-3-9-4-6-11-7-5-10-8-11;1-3-4-10-7-5-9(2)6-8-10;1-2-3-8-4-6-9-7-5-8;1-2-4-8-5-3-7-6-8;/h5-10H2,1-4H3;3-9H2,1-2H3;9H,3-8H2,1-2H3;5,7-9H,2-4,6H2,1H3;3-8H2,1-2H3;2-7H2,1H3;3,5-6H,2,4H2,1H3;1H4. The Morgan fingerprint density at radius 2 is 0.934 bits per heavy atom. The van der Waals surface area contributed by atoms with Gasteiger partial charge in [-0.25, -0.2) is 14.8 Å². The van der Waals surface area contributed by atoms with Gasteiger partial charge < -0.3 is 53.3 Å². The first kappa shape index (κ1) is 73.3. The number of likely N-dealkylation sites (N-methyl/N-ethyl adjacent to an activating group) is 2. The molecule has 0 unspecified atom stereocenters. The van der Waals surface area contributed by atoms with Crippen molar-refractivity contribution in [3.8, 4) is 0 Å². The van der Waals surface area contributed by atoms with Gasteiger partial charge in [-0.2, -0.15) is 0 Å². The van der Waals surface area contributed by atoms with Gasteiger partial charge in [0.15, 0.2) is 0 Å². The van der Waals surface area contributed by atoms with Crippen LogP contribution in [0.25, 0.3) is 0 Å². The summed E-state index contributed by atoms with van der Waals surface area (Å²) in [7, 11) is 4.42. The van der Waals surface area contributed by atoms with Crippen molar-refractivity contribution in [2.24, 2.45) is 5.92 Å². The highest BCUT2D eigenvalue weighted by Crippen LogP contribution is 2.16. The second-order valence-electron chi connectivity index (χ2n) is 22.3. The maximum atomic E-state index is 11.8. The molecule has 0 saturated carbocycles. The van der Waals surface area contributed by atoms with Crippen molar-refractivity contribution in [1.82, 2.24) is 63.6 Å². The summed E-state index contributed by atoms with van der Waals surface area (Å²) in [5.74, 6) is 0.980. The Balaban J connectivity index is 0.000000870. The van der Waals surface area contributed by atoms with E-state index >= 15 is 0 Å². The number of ether oxygens (including phenoxy) is 2. The molecule has 16 heteroatoms. The number of rotatable bonds is 17. The molecule has 7 rings (SSSR count). The van der Waals surface area contributed by atoms with Crippen molar-refractivity contribution < 1.29 is 14.3 Å². The fourth-order valence-corrected chi connectivity index (χ4v) is 9.17. The van der Waals surface area contributed by atoms with Gasteiger partial charge in [0.2, 0.25) is 0 Å². The van der Waals surface area contributed by atoms with Gasteiger partial charge in [0.25, 0.3) is 0 Å². The Kier molecular flexibility index (Phi) is 46.6. The van der Waals surface area contributed by atoms with E-state index in [-0.39, 0.29) is 13.5 Å². The van der Waals surface area contributed by atoms with E-state index in [2.05, 4.69) is 128 Å². The zero-order valence-corrected chi connectivity index (χ0v) is 51.3. The number of aryl methyl sites for hydroxylation is 1. The first-order valence-electron chi connectivity index (χ1n) is 30.4. The molecule has 0 atom stereocenters. The van der Waals surface area contributed by atoms with Gasteiger partial charge in [-0.05, 0) is 170 Å². The monoisotopic (exact) mass is 1080 g/mol. The van der Waals surface area contributed by atoms with Crippen LogP contribution in [0.3, 0.4) is 0 Å². The van der Waals surface area contributed by atoms with E-state index in [1.165, 1.54) is 156 Å². The van der Waals surface area contributed by atoms with Gasteiger partial charge in [-0.15, -0.1) is 0 Å². The fourth-order valence-electron chi connectivity index (χ4n) is 9.17. The third-order valence-corrected chi connectivity index (χ3v) is 13.7. The average molecular weight is 1080 g/mol. The highest BCUT2D eigenvalue weighted by molar-refractivity contribution is 5.68. The zero-order chi connectivity index (χ0) is 55.4. The lowest BCUT2D eigenvalue weighted by Crippen LogP contribution is -2.50. The molecular weight excluding hydrogens is 951 g/mol. The predicted molar refractivity (Wildman–Crippen MR) is 325 cm³/mol. The summed E-state index contributed by atoms with van der Waals surface area (Å²) in [4.78, 5) is 38.8. The third kappa shape index (κ3) is 40.5. The van der Waals surface area contributed by atoms with Crippen LogP contribution in [0.15, 0.2) is 37.4 Å². The fraction of sp³-hybridized carbons (Fsp3) is 0.883. The first-order valence-corrected chi connectivity index (χ1v) is 30.4. The topological polar surface area (TPSA) is 109 Å². The summed E-state index contributed by atoms with van der Waals surface area (Å²) >= 11 is 0. The van der Waals surface area contributed by atoms with Crippen molar-refractivity contribution in [2.45, 2.75) is 166 Å². The Morgan fingerprint density at radius 3 is 1.36 bits per heavy atom. The molecule has 16 nitrogen and oxygen atoms in total. The lowest BCUT2D eigenvalue weighted by Gasteiger charge is -2.35. The van der Waals surface area contributed by atoms with E-state index in [0.717, 1.165) is 91.1 Å². The number of carbonyl (C=O) groups is 1. The number of amides is 1. The number of likely N-dealkylation sites (tertiary alicyclic amines) is 1. The molecule has 1 amide bonds. The largest absolute Gasteiger partial charge is 0.444 e. The number of hydrogen-bond acceptors (Lipinski definition) is 13. The molecule has 0 spiro atoms. The predicted octanol–water partition coefficient (Wildman–Crippen LogP) is 9.30. The molecule has 7 heterocycles. The van der Waals surface area contributed by atoms with Crippen molar-refractivity contribution in [1.29, 1.82) is 0 Å². The molecule has 5 fully saturated rings. The normalized spacial score (nSPS) is 18.6. The number of aromatic nitrogens is 4. The van der Waals surface area contributed by atoms with Gasteiger partial charge in [-0.1, -0.05) is 62.8 Å². The summed E-state index contributed by atoms with van der Waals surface area (Å²) in [6.07, 6.45) is 24.0. The highest BCUT2D eigenvalue weighted by Gasteiger charge is 2.25. The molecule has 0 bridgehead atoms. The number of imidazole rings is 2. The quantitative estimate of drug-likeness (QED) is 0.152. The first-order chi connectivity index (χ1) is 36.2. The van der Waals surface area contributed by atoms with Crippen LogP contribution in [-0.4, -0.2) is 248 Å². The number of hydrogen-bond donors (Lipinski definition) is 1. The van der Waals surface area contributed by atoms with Crippen molar-refractivity contribution in [3.05, 3.63) is 37.4 Å². The number of nitrogens with zero attached hydrogens (tertiary/aromatic N) is 12. The summed E-state index contributed by atoms with van der Waals surface area (Å²) < 4.78 is 14.7. The number of nitrogens with one attached hydrogen (secondary N) is 1.